The highest BCUT2D eigenvalue weighted by Crippen LogP contribution is 2.37. The van der Waals surface area contributed by atoms with Crippen molar-refractivity contribution in [1.29, 1.82) is 5.26 Å². The largest absolute Gasteiger partial charge is 0.300 e. The van der Waals surface area contributed by atoms with E-state index >= 15 is 0 Å². The van der Waals surface area contributed by atoms with Crippen LogP contribution in [-0.4, -0.2) is 20.0 Å². The van der Waals surface area contributed by atoms with Crippen LogP contribution in [0.2, 0.25) is 0 Å². The van der Waals surface area contributed by atoms with Gasteiger partial charge in [0.1, 0.15) is 6.07 Å². The predicted molar refractivity (Wildman–Crippen MR) is 98.8 cm³/mol. The van der Waals surface area contributed by atoms with Gasteiger partial charge in [0.25, 0.3) is 11.2 Å². The predicted octanol–water partition coefficient (Wildman–Crippen LogP) is 4.02. The molecule has 1 aromatic carbocycles. The maximum absolute atomic E-state index is 12.6. The molecule has 0 aliphatic heterocycles. The topological polar surface area (TPSA) is 119 Å². The Labute approximate surface area is 154 Å². The number of para-hydroxylation sites is 1. The first kappa shape index (κ1) is 17.8. The van der Waals surface area contributed by atoms with Gasteiger partial charge < -0.3 is 0 Å². The van der Waals surface area contributed by atoms with Crippen LogP contribution >= 0.6 is 0 Å². The monoisotopic (exact) mass is 360 g/mol. The molecule has 3 rings (SSSR count). The first-order valence-electron chi connectivity index (χ1n) is 8.05. The summed E-state index contributed by atoms with van der Waals surface area (Å²) in [6, 6.07) is 10.7. The summed E-state index contributed by atoms with van der Waals surface area (Å²) in [6.45, 7) is 13.2. The summed E-state index contributed by atoms with van der Waals surface area (Å²) in [7, 11) is 0. The maximum Gasteiger partial charge on any atom is 0.300 e. The van der Waals surface area contributed by atoms with Crippen molar-refractivity contribution in [2.45, 2.75) is 26.2 Å². The lowest BCUT2D eigenvalue weighted by Crippen LogP contribution is -2.13. The smallest absolute Gasteiger partial charge is 0.291 e. The van der Waals surface area contributed by atoms with Gasteiger partial charge in [-0.15, -0.1) is 10.2 Å². The number of rotatable bonds is 3. The molecule has 0 fully saturated rings. The van der Waals surface area contributed by atoms with Crippen molar-refractivity contribution in [3.8, 4) is 11.8 Å². The zero-order valence-electron chi connectivity index (χ0n) is 15.0. The van der Waals surface area contributed by atoms with Crippen molar-refractivity contribution in [2.24, 2.45) is 10.2 Å². The quantitative estimate of drug-likeness (QED) is 0.542. The Bertz CT molecular complexity index is 1140. The molecule has 27 heavy (non-hydrogen) atoms. The Kier molecular flexibility index (Phi) is 4.44. The van der Waals surface area contributed by atoms with E-state index in [1.165, 1.54) is 4.68 Å². The second-order valence-electron chi connectivity index (χ2n) is 6.76. The zero-order valence-corrected chi connectivity index (χ0v) is 15.0. The minimum Gasteiger partial charge on any atom is -0.291 e. The van der Waals surface area contributed by atoms with Crippen molar-refractivity contribution in [2.75, 3.05) is 0 Å². The molecule has 0 spiro atoms. The van der Waals surface area contributed by atoms with E-state index in [1.807, 2.05) is 32.9 Å². The molecular weight excluding hydrogens is 344 g/mol. The fraction of sp³-hybridized carbons (Fsp3) is 0.222. The van der Waals surface area contributed by atoms with Crippen LogP contribution in [0.15, 0.2) is 45.4 Å². The number of nitriles is 1. The Morgan fingerprint density at radius 2 is 1.96 bits per heavy atom. The normalized spacial score (nSPS) is 11.4. The number of azo groups is 1. The van der Waals surface area contributed by atoms with Crippen molar-refractivity contribution < 1.29 is 0 Å². The molecule has 9 heteroatoms. The van der Waals surface area contributed by atoms with E-state index in [0.717, 1.165) is 0 Å². The van der Waals surface area contributed by atoms with Crippen LogP contribution < -0.4 is 5.56 Å². The lowest BCUT2D eigenvalue weighted by molar-refractivity contribution is 0.569. The summed E-state index contributed by atoms with van der Waals surface area (Å²) in [5.74, 6) is 0.0747. The third-order valence-corrected chi connectivity index (χ3v) is 3.82. The average Bonchev–Trinajstić information content (AvgIpc) is 3.21. The van der Waals surface area contributed by atoms with Gasteiger partial charge in [-0.1, -0.05) is 39.0 Å². The minimum absolute atomic E-state index is 0.0245. The lowest BCUT2D eigenvalue weighted by atomic mass is 9.91. The van der Waals surface area contributed by atoms with Crippen LogP contribution in [0.4, 0.5) is 17.2 Å². The fourth-order valence-electron chi connectivity index (χ4n) is 2.48. The van der Waals surface area contributed by atoms with Gasteiger partial charge in [-0.2, -0.15) is 10.4 Å². The molecule has 0 bridgehead atoms. The molecule has 0 saturated carbocycles. The SMILES string of the molecule is [C-]#[N+]c1c(N=Nc2c(C#N)[nH]n(-c3ccccc3)c2=O)n[nH]c1C(C)(C)C. The van der Waals surface area contributed by atoms with Crippen molar-refractivity contribution in [1.82, 2.24) is 20.0 Å². The summed E-state index contributed by atoms with van der Waals surface area (Å²) in [5, 5.41) is 26.7. The number of hydrogen-bond acceptors (Lipinski definition) is 5. The van der Waals surface area contributed by atoms with Crippen molar-refractivity contribution in [3.63, 3.8) is 0 Å². The van der Waals surface area contributed by atoms with E-state index < -0.39 is 5.56 Å². The third-order valence-electron chi connectivity index (χ3n) is 3.82. The molecule has 0 aliphatic rings. The molecular formula is C18H16N8O. The van der Waals surface area contributed by atoms with E-state index in [2.05, 4.69) is 30.4 Å². The molecule has 0 atom stereocenters. The summed E-state index contributed by atoms with van der Waals surface area (Å²) >= 11 is 0. The van der Waals surface area contributed by atoms with Crippen molar-refractivity contribution in [3.05, 3.63) is 63.5 Å². The van der Waals surface area contributed by atoms with E-state index in [4.69, 9.17) is 6.57 Å². The summed E-state index contributed by atoms with van der Waals surface area (Å²) in [4.78, 5) is 16.1. The standard InChI is InChI=1S/C18H16N8O/c1-18(2,3)15-14(20-4)16(24-22-15)23-21-13-12(10-19)25-26(17(13)27)11-8-6-5-7-9-11/h5-9,25H,1-3H3,(H,22,24). The number of nitrogens with zero attached hydrogens (tertiary/aromatic N) is 6. The fourth-order valence-corrected chi connectivity index (χ4v) is 2.48. The summed E-state index contributed by atoms with van der Waals surface area (Å²) < 4.78 is 1.22. The second kappa shape index (κ2) is 6.73. The van der Waals surface area contributed by atoms with Crippen LogP contribution in [0, 0.1) is 17.9 Å². The van der Waals surface area contributed by atoms with E-state index in [1.54, 1.807) is 24.3 Å². The first-order valence-corrected chi connectivity index (χ1v) is 8.05. The van der Waals surface area contributed by atoms with E-state index in [-0.39, 0.29) is 28.3 Å². The Morgan fingerprint density at radius 1 is 1.26 bits per heavy atom. The van der Waals surface area contributed by atoms with Gasteiger partial charge >= 0.3 is 0 Å². The van der Waals surface area contributed by atoms with Crippen LogP contribution in [0.25, 0.3) is 10.5 Å². The number of benzene rings is 1. The van der Waals surface area contributed by atoms with Gasteiger partial charge in [-0.3, -0.25) is 15.0 Å². The number of H-pyrrole nitrogens is 2. The molecule has 134 valence electrons. The molecule has 0 amide bonds. The molecule has 0 unspecified atom stereocenters. The molecule has 2 aromatic heterocycles. The van der Waals surface area contributed by atoms with Gasteiger partial charge in [0.2, 0.25) is 5.82 Å². The second-order valence-corrected chi connectivity index (χ2v) is 6.76. The first-order chi connectivity index (χ1) is 12.9. The molecule has 0 saturated heterocycles. The van der Waals surface area contributed by atoms with Gasteiger partial charge in [0, 0.05) is 5.69 Å². The van der Waals surface area contributed by atoms with Crippen LogP contribution in [0.3, 0.4) is 0 Å². The van der Waals surface area contributed by atoms with Gasteiger partial charge in [-0.25, -0.2) is 9.53 Å². The van der Waals surface area contributed by atoms with Crippen LogP contribution in [0.5, 0.6) is 0 Å². The molecule has 0 radical (unpaired) electrons. The Hall–Kier alpha value is -3.98. The van der Waals surface area contributed by atoms with Gasteiger partial charge in [-0.05, 0) is 17.5 Å². The number of aromatic amines is 2. The number of nitrogens with one attached hydrogen (secondary N) is 2. The molecule has 3 aromatic rings. The third kappa shape index (κ3) is 3.26. The maximum atomic E-state index is 12.6. The lowest BCUT2D eigenvalue weighted by Gasteiger charge is -2.16. The van der Waals surface area contributed by atoms with Crippen LogP contribution in [0.1, 0.15) is 32.2 Å². The van der Waals surface area contributed by atoms with Gasteiger partial charge in [0.05, 0.1) is 12.3 Å². The average molecular weight is 360 g/mol. The highest BCUT2D eigenvalue weighted by Gasteiger charge is 2.24. The van der Waals surface area contributed by atoms with E-state index in [0.29, 0.717) is 11.4 Å². The molecule has 0 aliphatic carbocycles. The van der Waals surface area contributed by atoms with Gasteiger partial charge in [0.15, 0.2) is 11.4 Å². The van der Waals surface area contributed by atoms with Crippen molar-refractivity contribution >= 4 is 17.2 Å². The highest BCUT2D eigenvalue weighted by molar-refractivity contribution is 5.67. The zero-order chi connectivity index (χ0) is 19.6. The molecule has 9 nitrogen and oxygen atoms in total. The minimum atomic E-state index is -0.516. The van der Waals surface area contributed by atoms with Crippen LogP contribution in [-0.2, 0) is 5.41 Å². The molecule has 2 N–H and O–H groups in total. The molecule has 2 heterocycles. The Morgan fingerprint density at radius 3 is 2.56 bits per heavy atom. The summed E-state index contributed by atoms with van der Waals surface area (Å²) in [5.41, 5.74) is 0.425. The Balaban J connectivity index is 2.06. The number of hydrogen-bond donors (Lipinski definition) is 2. The summed E-state index contributed by atoms with van der Waals surface area (Å²) in [6.07, 6.45) is 0. The van der Waals surface area contributed by atoms with E-state index in [9.17, 15) is 10.1 Å². The highest BCUT2D eigenvalue weighted by atomic mass is 16.1. The number of aromatic nitrogens is 4.